The van der Waals surface area contributed by atoms with E-state index in [1.807, 2.05) is 0 Å². The summed E-state index contributed by atoms with van der Waals surface area (Å²) in [5.74, 6) is -1.39. The van der Waals surface area contributed by atoms with Crippen LogP contribution in [0.1, 0.15) is 23.0 Å². The molecular weight excluding hydrogens is 294 g/mol. The summed E-state index contributed by atoms with van der Waals surface area (Å²) in [6, 6.07) is 4.19. The monoisotopic (exact) mass is 310 g/mol. The standard InChI is InChI=1S/C15H16F2N2O3/c1-9(7-22-14-3-2-11(16)5-13(14)17)19-15(20)10-4-12(6-18)21-8-10/h2-5,8-9H,6-7,18H2,1H3,(H,19,20). The SMILES string of the molecule is CC(COc1ccc(F)cc1F)NC(=O)c1coc(CN)c1. The van der Waals surface area contributed by atoms with Crippen LogP contribution in [-0.4, -0.2) is 18.6 Å². The second kappa shape index (κ2) is 7.04. The maximum Gasteiger partial charge on any atom is 0.254 e. The van der Waals surface area contributed by atoms with Gasteiger partial charge in [0, 0.05) is 6.07 Å². The van der Waals surface area contributed by atoms with E-state index in [-0.39, 0.29) is 30.9 Å². The average molecular weight is 310 g/mol. The van der Waals surface area contributed by atoms with Gasteiger partial charge in [-0.25, -0.2) is 8.78 Å². The van der Waals surface area contributed by atoms with E-state index in [0.717, 1.165) is 12.1 Å². The van der Waals surface area contributed by atoms with E-state index in [4.69, 9.17) is 14.9 Å². The van der Waals surface area contributed by atoms with E-state index >= 15 is 0 Å². The van der Waals surface area contributed by atoms with Gasteiger partial charge in [0.1, 0.15) is 24.4 Å². The number of halogens is 2. The number of nitrogens with two attached hydrogens (primary N) is 1. The first kappa shape index (κ1) is 16.0. The van der Waals surface area contributed by atoms with E-state index < -0.39 is 11.6 Å². The number of furan rings is 1. The molecule has 1 unspecified atom stereocenters. The summed E-state index contributed by atoms with van der Waals surface area (Å²) >= 11 is 0. The summed E-state index contributed by atoms with van der Waals surface area (Å²) in [5, 5.41) is 2.67. The van der Waals surface area contributed by atoms with Gasteiger partial charge in [-0.2, -0.15) is 0 Å². The first-order valence-electron chi connectivity index (χ1n) is 6.65. The topological polar surface area (TPSA) is 77.5 Å². The van der Waals surface area contributed by atoms with Gasteiger partial charge in [0.15, 0.2) is 11.6 Å². The van der Waals surface area contributed by atoms with Crippen molar-refractivity contribution in [2.75, 3.05) is 6.61 Å². The number of rotatable bonds is 6. The predicted octanol–water partition coefficient (Wildman–Crippen LogP) is 2.21. The molecular formula is C15H16F2N2O3. The Bertz CT molecular complexity index is 658. The summed E-state index contributed by atoms with van der Waals surface area (Å²) in [4.78, 5) is 11.9. The zero-order valence-corrected chi connectivity index (χ0v) is 11.9. The fraction of sp³-hybridized carbons (Fsp3) is 0.267. The Balaban J connectivity index is 1.87. The molecule has 2 aromatic rings. The van der Waals surface area contributed by atoms with Gasteiger partial charge < -0.3 is 20.2 Å². The zero-order valence-electron chi connectivity index (χ0n) is 11.9. The third kappa shape index (κ3) is 4.05. The van der Waals surface area contributed by atoms with Crippen molar-refractivity contribution in [3.63, 3.8) is 0 Å². The van der Waals surface area contributed by atoms with E-state index in [1.54, 1.807) is 13.0 Å². The van der Waals surface area contributed by atoms with E-state index in [9.17, 15) is 13.6 Å². The van der Waals surface area contributed by atoms with Crippen LogP contribution in [0.25, 0.3) is 0 Å². The Morgan fingerprint density at radius 2 is 2.18 bits per heavy atom. The highest BCUT2D eigenvalue weighted by atomic mass is 19.1. The second-order valence-electron chi connectivity index (χ2n) is 4.77. The van der Waals surface area contributed by atoms with Gasteiger partial charge in [0.2, 0.25) is 0 Å². The van der Waals surface area contributed by atoms with Crippen LogP contribution in [0.3, 0.4) is 0 Å². The molecule has 5 nitrogen and oxygen atoms in total. The minimum absolute atomic E-state index is 0.0376. The van der Waals surface area contributed by atoms with Gasteiger partial charge in [-0.05, 0) is 25.1 Å². The Morgan fingerprint density at radius 1 is 1.41 bits per heavy atom. The summed E-state index contributed by atoms with van der Waals surface area (Å²) in [7, 11) is 0. The van der Waals surface area contributed by atoms with Crippen LogP contribution in [-0.2, 0) is 6.54 Å². The van der Waals surface area contributed by atoms with Crippen molar-refractivity contribution < 1.29 is 22.7 Å². The number of carbonyl (C=O) groups is 1. The molecule has 7 heteroatoms. The molecule has 1 aromatic carbocycles. The number of hydrogen-bond donors (Lipinski definition) is 2. The number of nitrogens with one attached hydrogen (secondary N) is 1. The third-order valence-corrected chi connectivity index (χ3v) is 2.88. The molecule has 0 aliphatic rings. The lowest BCUT2D eigenvalue weighted by Crippen LogP contribution is -2.36. The largest absolute Gasteiger partial charge is 0.488 e. The van der Waals surface area contributed by atoms with Crippen molar-refractivity contribution in [3.8, 4) is 5.75 Å². The molecule has 0 fully saturated rings. The van der Waals surface area contributed by atoms with Crippen LogP contribution in [0.5, 0.6) is 5.75 Å². The molecule has 118 valence electrons. The summed E-state index contributed by atoms with van der Waals surface area (Å²) in [6.45, 7) is 1.94. The van der Waals surface area contributed by atoms with E-state index in [1.165, 1.54) is 12.3 Å². The molecule has 0 aliphatic carbocycles. The molecule has 1 heterocycles. The fourth-order valence-electron chi connectivity index (χ4n) is 1.76. The first-order valence-corrected chi connectivity index (χ1v) is 6.65. The molecule has 1 amide bonds. The van der Waals surface area contributed by atoms with E-state index in [0.29, 0.717) is 11.3 Å². The molecule has 0 saturated carbocycles. The molecule has 22 heavy (non-hydrogen) atoms. The van der Waals surface area contributed by atoms with Gasteiger partial charge in [-0.1, -0.05) is 0 Å². The van der Waals surface area contributed by atoms with Crippen molar-refractivity contribution in [3.05, 3.63) is 53.5 Å². The van der Waals surface area contributed by atoms with E-state index in [2.05, 4.69) is 5.32 Å². The van der Waals surface area contributed by atoms with Gasteiger partial charge >= 0.3 is 0 Å². The smallest absolute Gasteiger partial charge is 0.254 e. The third-order valence-electron chi connectivity index (χ3n) is 2.88. The Labute approximate surface area is 126 Å². The Hall–Kier alpha value is -2.41. The highest BCUT2D eigenvalue weighted by Gasteiger charge is 2.14. The first-order chi connectivity index (χ1) is 10.5. The molecule has 0 aliphatic heterocycles. The summed E-state index contributed by atoms with van der Waals surface area (Å²) < 4.78 is 36.4. The minimum atomic E-state index is -0.791. The highest BCUT2D eigenvalue weighted by molar-refractivity contribution is 5.94. The zero-order chi connectivity index (χ0) is 16.1. The fourth-order valence-corrected chi connectivity index (χ4v) is 1.76. The molecule has 1 atom stereocenters. The van der Waals surface area contributed by atoms with Crippen LogP contribution in [0.15, 0.2) is 34.9 Å². The molecule has 0 spiro atoms. The van der Waals surface area contributed by atoms with Crippen LogP contribution >= 0.6 is 0 Å². The number of hydrogen-bond acceptors (Lipinski definition) is 4. The van der Waals surface area contributed by atoms with Gasteiger partial charge in [-0.15, -0.1) is 0 Å². The quantitative estimate of drug-likeness (QED) is 0.857. The second-order valence-corrected chi connectivity index (χ2v) is 4.77. The van der Waals surface area contributed by atoms with Crippen LogP contribution in [0, 0.1) is 11.6 Å². The van der Waals surface area contributed by atoms with Gasteiger partial charge in [0.25, 0.3) is 5.91 Å². The maximum atomic E-state index is 13.4. The van der Waals surface area contributed by atoms with Crippen molar-refractivity contribution in [1.29, 1.82) is 0 Å². The Kier molecular flexibility index (Phi) is 5.11. The summed E-state index contributed by atoms with van der Waals surface area (Å²) in [6.07, 6.45) is 1.31. The molecule has 3 N–H and O–H groups in total. The lowest BCUT2D eigenvalue weighted by molar-refractivity contribution is 0.0925. The molecule has 0 bridgehead atoms. The lowest BCUT2D eigenvalue weighted by atomic mass is 10.2. The minimum Gasteiger partial charge on any atom is -0.488 e. The lowest BCUT2D eigenvalue weighted by Gasteiger charge is -2.14. The molecule has 2 rings (SSSR count). The Morgan fingerprint density at radius 3 is 2.82 bits per heavy atom. The average Bonchev–Trinajstić information content (AvgIpc) is 2.95. The number of amides is 1. The van der Waals surface area contributed by atoms with Crippen LogP contribution < -0.4 is 15.8 Å². The number of benzene rings is 1. The van der Waals surface area contributed by atoms with Crippen molar-refractivity contribution in [2.24, 2.45) is 5.73 Å². The van der Waals surface area contributed by atoms with Crippen molar-refractivity contribution in [2.45, 2.75) is 19.5 Å². The predicted molar refractivity (Wildman–Crippen MR) is 75.4 cm³/mol. The molecule has 0 saturated heterocycles. The molecule has 1 aromatic heterocycles. The van der Waals surface area contributed by atoms with Gasteiger partial charge in [-0.3, -0.25) is 4.79 Å². The van der Waals surface area contributed by atoms with Crippen molar-refractivity contribution >= 4 is 5.91 Å². The van der Waals surface area contributed by atoms with Gasteiger partial charge in [0.05, 0.1) is 18.2 Å². The number of carbonyl (C=O) groups excluding carboxylic acids is 1. The highest BCUT2D eigenvalue weighted by Crippen LogP contribution is 2.17. The normalized spacial score (nSPS) is 12.0. The van der Waals surface area contributed by atoms with Crippen LogP contribution in [0.2, 0.25) is 0 Å². The summed E-state index contributed by atoms with van der Waals surface area (Å²) in [5.41, 5.74) is 5.74. The molecule has 0 radical (unpaired) electrons. The van der Waals surface area contributed by atoms with Crippen molar-refractivity contribution in [1.82, 2.24) is 5.32 Å². The van der Waals surface area contributed by atoms with Crippen LogP contribution in [0.4, 0.5) is 8.78 Å². The maximum absolute atomic E-state index is 13.4. The number of ether oxygens (including phenoxy) is 1.